The van der Waals surface area contributed by atoms with Crippen LogP contribution in [0.1, 0.15) is 6.42 Å². The predicted molar refractivity (Wildman–Crippen MR) is 57.2 cm³/mol. The Hall–Kier alpha value is -0.170. The van der Waals surface area contributed by atoms with Gasteiger partial charge in [-0.1, -0.05) is 0 Å². The molecule has 0 atom stereocenters. The summed E-state index contributed by atoms with van der Waals surface area (Å²) in [6, 6.07) is 0. The molecular formula is C9H18N2O3S. The van der Waals surface area contributed by atoms with Gasteiger partial charge in [0.15, 0.2) is 0 Å². The highest BCUT2D eigenvalue weighted by Gasteiger charge is 2.26. The average Bonchev–Trinajstić information content (AvgIpc) is 2.16. The zero-order valence-electron chi connectivity index (χ0n) is 8.81. The summed E-state index contributed by atoms with van der Waals surface area (Å²) in [5.41, 5.74) is 0. The normalized spacial score (nSPS) is 25.1. The minimum Gasteiger partial charge on any atom is -0.379 e. The molecule has 6 heteroatoms. The van der Waals surface area contributed by atoms with E-state index in [4.69, 9.17) is 4.74 Å². The van der Waals surface area contributed by atoms with Crippen LogP contribution >= 0.6 is 0 Å². The molecule has 2 aliphatic heterocycles. The average molecular weight is 234 g/mol. The largest absolute Gasteiger partial charge is 0.379 e. The standard InChI is InChI=1S/C9H18N2O3S/c12-15(13,6-1-9-7-10-8-9)11-2-4-14-5-3-11/h9-10H,1-8H2. The van der Waals surface area contributed by atoms with E-state index in [2.05, 4.69) is 5.32 Å². The van der Waals surface area contributed by atoms with Crippen molar-refractivity contribution in [2.75, 3.05) is 45.1 Å². The quantitative estimate of drug-likeness (QED) is 0.696. The summed E-state index contributed by atoms with van der Waals surface area (Å²) >= 11 is 0. The number of ether oxygens (including phenoxy) is 1. The van der Waals surface area contributed by atoms with Gasteiger partial charge in [-0.3, -0.25) is 0 Å². The van der Waals surface area contributed by atoms with Crippen LogP contribution in [-0.2, 0) is 14.8 Å². The van der Waals surface area contributed by atoms with Gasteiger partial charge in [-0.15, -0.1) is 0 Å². The number of nitrogens with one attached hydrogen (secondary N) is 1. The smallest absolute Gasteiger partial charge is 0.214 e. The van der Waals surface area contributed by atoms with Crippen LogP contribution in [0, 0.1) is 5.92 Å². The molecule has 0 aromatic rings. The van der Waals surface area contributed by atoms with E-state index in [1.54, 1.807) is 4.31 Å². The molecule has 2 heterocycles. The summed E-state index contributed by atoms with van der Waals surface area (Å²) < 4.78 is 30.5. The zero-order chi connectivity index (χ0) is 10.7. The molecule has 0 unspecified atom stereocenters. The van der Waals surface area contributed by atoms with Gasteiger partial charge >= 0.3 is 0 Å². The summed E-state index contributed by atoms with van der Waals surface area (Å²) in [5, 5.41) is 3.15. The number of rotatable bonds is 4. The van der Waals surface area contributed by atoms with Crippen molar-refractivity contribution in [3.63, 3.8) is 0 Å². The van der Waals surface area contributed by atoms with E-state index in [1.165, 1.54) is 0 Å². The first-order valence-electron chi connectivity index (χ1n) is 5.45. The monoisotopic (exact) mass is 234 g/mol. The third-order valence-electron chi connectivity index (χ3n) is 3.01. The van der Waals surface area contributed by atoms with Crippen LogP contribution in [0.25, 0.3) is 0 Å². The van der Waals surface area contributed by atoms with E-state index in [0.29, 0.717) is 38.0 Å². The van der Waals surface area contributed by atoms with Gasteiger partial charge < -0.3 is 10.1 Å². The van der Waals surface area contributed by atoms with Gasteiger partial charge in [0.25, 0.3) is 0 Å². The molecule has 0 bridgehead atoms. The van der Waals surface area contributed by atoms with Crippen molar-refractivity contribution >= 4 is 10.0 Å². The van der Waals surface area contributed by atoms with Crippen LogP contribution in [0.15, 0.2) is 0 Å². The Labute approximate surface area is 90.8 Å². The second-order valence-electron chi connectivity index (χ2n) is 4.14. The summed E-state index contributed by atoms with van der Waals surface area (Å²) in [6.07, 6.45) is 0.784. The predicted octanol–water partition coefficient (Wildman–Crippen LogP) is -0.742. The first-order valence-corrected chi connectivity index (χ1v) is 7.06. The summed E-state index contributed by atoms with van der Waals surface area (Å²) in [7, 11) is -3.03. The van der Waals surface area contributed by atoms with Crippen LogP contribution in [0.2, 0.25) is 0 Å². The lowest BCUT2D eigenvalue weighted by Gasteiger charge is -2.29. The van der Waals surface area contributed by atoms with E-state index in [1.807, 2.05) is 0 Å². The van der Waals surface area contributed by atoms with Gasteiger partial charge in [-0.25, -0.2) is 8.42 Å². The number of hydrogen-bond donors (Lipinski definition) is 1. The van der Waals surface area contributed by atoms with Crippen molar-refractivity contribution in [2.45, 2.75) is 6.42 Å². The van der Waals surface area contributed by atoms with Crippen LogP contribution in [0.3, 0.4) is 0 Å². The first-order chi connectivity index (χ1) is 7.18. The van der Waals surface area contributed by atoms with Crippen LogP contribution in [0.4, 0.5) is 0 Å². The highest BCUT2D eigenvalue weighted by molar-refractivity contribution is 7.89. The Morgan fingerprint density at radius 3 is 2.47 bits per heavy atom. The van der Waals surface area contributed by atoms with Gasteiger partial charge in [0.1, 0.15) is 0 Å². The van der Waals surface area contributed by atoms with Gasteiger partial charge in [0.05, 0.1) is 19.0 Å². The Bertz CT molecular complexity index is 294. The first kappa shape index (κ1) is 11.3. The Kier molecular flexibility index (Phi) is 3.60. The van der Waals surface area contributed by atoms with Crippen molar-refractivity contribution in [3.8, 4) is 0 Å². The summed E-state index contributed by atoms with van der Waals surface area (Å²) in [5.74, 6) is 0.847. The minimum atomic E-state index is -3.03. The van der Waals surface area contributed by atoms with Gasteiger partial charge in [0.2, 0.25) is 10.0 Å². The maximum atomic E-state index is 11.9. The Morgan fingerprint density at radius 1 is 1.27 bits per heavy atom. The highest BCUT2D eigenvalue weighted by atomic mass is 32.2. The lowest BCUT2D eigenvalue weighted by Crippen LogP contribution is -2.45. The fourth-order valence-corrected chi connectivity index (χ4v) is 3.42. The minimum absolute atomic E-state index is 0.291. The molecule has 2 saturated heterocycles. The topological polar surface area (TPSA) is 58.6 Å². The van der Waals surface area contributed by atoms with E-state index < -0.39 is 10.0 Å². The fraction of sp³-hybridized carbons (Fsp3) is 1.00. The summed E-state index contributed by atoms with van der Waals surface area (Å²) in [6.45, 7) is 4.04. The van der Waals surface area contributed by atoms with Gasteiger partial charge in [-0.2, -0.15) is 4.31 Å². The molecule has 0 radical (unpaired) electrons. The molecule has 0 aromatic heterocycles. The molecule has 0 saturated carbocycles. The van der Waals surface area contributed by atoms with E-state index >= 15 is 0 Å². The van der Waals surface area contributed by atoms with Crippen molar-refractivity contribution in [2.24, 2.45) is 5.92 Å². The van der Waals surface area contributed by atoms with Crippen molar-refractivity contribution in [1.82, 2.24) is 9.62 Å². The Morgan fingerprint density at radius 2 is 1.93 bits per heavy atom. The maximum Gasteiger partial charge on any atom is 0.214 e. The van der Waals surface area contributed by atoms with Crippen LogP contribution < -0.4 is 5.32 Å². The highest BCUT2D eigenvalue weighted by Crippen LogP contribution is 2.13. The molecule has 5 nitrogen and oxygen atoms in total. The molecule has 1 N–H and O–H groups in total. The molecular weight excluding hydrogens is 216 g/mol. The molecule has 0 amide bonds. The number of morpholine rings is 1. The van der Waals surface area contributed by atoms with Crippen molar-refractivity contribution in [3.05, 3.63) is 0 Å². The molecule has 15 heavy (non-hydrogen) atoms. The third-order valence-corrected chi connectivity index (χ3v) is 4.92. The fourth-order valence-electron chi connectivity index (χ4n) is 1.82. The molecule has 2 aliphatic rings. The Balaban J connectivity index is 1.81. The second-order valence-corrected chi connectivity index (χ2v) is 6.23. The lowest BCUT2D eigenvalue weighted by molar-refractivity contribution is 0.0729. The SMILES string of the molecule is O=S(=O)(CCC1CNC1)N1CCOCC1. The van der Waals surface area contributed by atoms with Crippen molar-refractivity contribution in [1.29, 1.82) is 0 Å². The lowest BCUT2D eigenvalue weighted by atomic mass is 10.0. The number of hydrogen-bond acceptors (Lipinski definition) is 4. The molecule has 0 aromatic carbocycles. The van der Waals surface area contributed by atoms with Gasteiger partial charge in [-0.05, 0) is 25.4 Å². The zero-order valence-corrected chi connectivity index (χ0v) is 9.63. The van der Waals surface area contributed by atoms with E-state index in [9.17, 15) is 8.42 Å². The third kappa shape index (κ3) is 2.90. The number of sulfonamides is 1. The van der Waals surface area contributed by atoms with Crippen LogP contribution in [0.5, 0.6) is 0 Å². The molecule has 88 valence electrons. The molecule has 0 aliphatic carbocycles. The van der Waals surface area contributed by atoms with Crippen LogP contribution in [-0.4, -0.2) is 57.9 Å². The second kappa shape index (κ2) is 4.78. The number of nitrogens with zero attached hydrogens (tertiary/aromatic N) is 1. The van der Waals surface area contributed by atoms with E-state index in [-0.39, 0.29) is 0 Å². The molecule has 0 spiro atoms. The van der Waals surface area contributed by atoms with E-state index in [0.717, 1.165) is 19.5 Å². The van der Waals surface area contributed by atoms with Gasteiger partial charge in [0, 0.05) is 13.1 Å². The summed E-state index contributed by atoms with van der Waals surface area (Å²) in [4.78, 5) is 0. The molecule has 2 rings (SSSR count). The maximum absolute atomic E-state index is 11.9. The molecule has 2 fully saturated rings. The van der Waals surface area contributed by atoms with Crippen molar-refractivity contribution < 1.29 is 13.2 Å².